The van der Waals surface area contributed by atoms with Gasteiger partial charge in [-0.15, -0.1) is 20.5 Å². The van der Waals surface area contributed by atoms with E-state index in [1.165, 1.54) is 25.9 Å². The molecule has 0 unspecified atom stereocenters. The molecule has 11 heavy (non-hydrogen) atoms. The fraction of sp³-hybridized carbons (Fsp3) is 1.00. The maximum Gasteiger partial charge on any atom is 0.372 e. The van der Waals surface area contributed by atoms with Crippen LogP contribution in [0.3, 0.4) is 0 Å². The minimum Gasteiger partial charge on any atom is -0.317 e. The summed E-state index contributed by atoms with van der Waals surface area (Å²) in [6.07, 6.45) is 2.93. The standard InChI is InChI=1S/C5H10N.C3H7.ClH.Mg/c1-2-4-6-5-3-1;1-3-2;;/h1,6H,2-5H2;3H,1-2H3;1H;. The molecule has 3 heteroatoms. The third-order valence-corrected chi connectivity index (χ3v) is 4.69. The zero-order valence-electron chi connectivity index (χ0n) is 7.60. The summed E-state index contributed by atoms with van der Waals surface area (Å²) in [6.45, 7) is 7.33. The maximum atomic E-state index is 3.41. The molecule has 1 rings (SSSR count). The summed E-state index contributed by atoms with van der Waals surface area (Å²) in [5.41, 5.74) is 0. The quantitative estimate of drug-likeness (QED) is 0.654. The zero-order chi connectivity index (χ0) is 7.40. The normalized spacial score (nSPS) is 19.2. The van der Waals surface area contributed by atoms with Crippen LogP contribution >= 0.6 is 12.4 Å². The predicted molar refractivity (Wildman–Crippen MR) is 54.0 cm³/mol. The molecule has 1 aliphatic rings. The lowest BCUT2D eigenvalue weighted by atomic mass is 10.1. The molecular formula is C8H18ClMgN. The molecule has 0 aromatic carbocycles. The Morgan fingerprint density at radius 2 is 1.82 bits per heavy atom. The first-order valence-electron chi connectivity index (χ1n) is 4.49. The third kappa shape index (κ3) is 5.29. The fourth-order valence-corrected chi connectivity index (χ4v) is 4.00. The van der Waals surface area contributed by atoms with Gasteiger partial charge in [0, 0.05) is 0 Å². The molecule has 0 aromatic heterocycles. The minimum atomic E-state index is 0. The van der Waals surface area contributed by atoms with Crippen molar-refractivity contribution >= 4 is 32.8 Å². The van der Waals surface area contributed by atoms with Gasteiger partial charge in [0.25, 0.3) is 0 Å². The van der Waals surface area contributed by atoms with Crippen molar-refractivity contribution in [2.24, 2.45) is 0 Å². The molecule has 64 valence electrons. The SMILES string of the molecule is C[CH](C)[Mg][CH]1CCNCC1.Cl. The van der Waals surface area contributed by atoms with Crippen LogP contribution in [0, 0.1) is 0 Å². The first-order valence-corrected chi connectivity index (χ1v) is 6.13. The van der Waals surface area contributed by atoms with E-state index in [4.69, 9.17) is 0 Å². The molecule has 0 bridgehead atoms. The third-order valence-electron chi connectivity index (χ3n) is 2.26. The molecule has 1 saturated heterocycles. The van der Waals surface area contributed by atoms with Crippen molar-refractivity contribution in [2.45, 2.75) is 34.8 Å². The molecule has 1 aliphatic heterocycles. The molecule has 0 aromatic rings. The van der Waals surface area contributed by atoms with Gasteiger partial charge >= 0.3 is 20.4 Å². The summed E-state index contributed by atoms with van der Waals surface area (Å²) in [4.78, 5) is 0. The summed E-state index contributed by atoms with van der Waals surface area (Å²) in [5, 5.41) is 3.41. The number of hydrogen-bond acceptors (Lipinski definition) is 1. The van der Waals surface area contributed by atoms with Gasteiger partial charge in [-0.05, 0) is 13.1 Å². The molecule has 1 heterocycles. The average Bonchev–Trinajstić information content (AvgIpc) is 1.88. The van der Waals surface area contributed by atoms with Gasteiger partial charge in [0.1, 0.15) is 0 Å². The van der Waals surface area contributed by atoms with Crippen LogP contribution in [0.4, 0.5) is 0 Å². The van der Waals surface area contributed by atoms with E-state index in [0.29, 0.717) is 0 Å². The van der Waals surface area contributed by atoms with Crippen molar-refractivity contribution in [3.05, 3.63) is 0 Å². The van der Waals surface area contributed by atoms with Gasteiger partial charge in [-0.3, -0.25) is 0 Å². The summed E-state index contributed by atoms with van der Waals surface area (Å²) >= 11 is 0.260. The van der Waals surface area contributed by atoms with Crippen LogP contribution in [0.5, 0.6) is 0 Å². The molecule has 1 nitrogen and oxygen atoms in total. The highest BCUT2D eigenvalue weighted by Crippen LogP contribution is 2.21. The molecule has 0 spiro atoms. The molecule has 0 saturated carbocycles. The Bertz CT molecular complexity index is 92.1. The van der Waals surface area contributed by atoms with E-state index in [2.05, 4.69) is 19.2 Å². The monoisotopic (exact) mass is 187 g/mol. The lowest BCUT2D eigenvalue weighted by Crippen LogP contribution is -2.28. The maximum absolute atomic E-state index is 3.41. The van der Waals surface area contributed by atoms with E-state index < -0.39 is 0 Å². The van der Waals surface area contributed by atoms with Gasteiger partial charge in [-0.25, -0.2) is 0 Å². The van der Waals surface area contributed by atoms with Crippen molar-refractivity contribution in [3.8, 4) is 0 Å². The van der Waals surface area contributed by atoms with Gasteiger partial charge in [0.15, 0.2) is 0 Å². The van der Waals surface area contributed by atoms with E-state index >= 15 is 0 Å². The Hall–Kier alpha value is 1.02. The van der Waals surface area contributed by atoms with Crippen molar-refractivity contribution in [2.75, 3.05) is 13.1 Å². The highest BCUT2D eigenvalue weighted by molar-refractivity contribution is 6.39. The number of hydrogen-bond donors (Lipinski definition) is 1. The minimum absolute atomic E-state index is 0. The van der Waals surface area contributed by atoms with Crippen LogP contribution in [0.15, 0.2) is 0 Å². The zero-order valence-corrected chi connectivity index (χ0v) is 9.83. The fourth-order valence-electron chi connectivity index (χ4n) is 1.78. The van der Waals surface area contributed by atoms with Crippen molar-refractivity contribution in [1.29, 1.82) is 0 Å². The number of nitrogens with one attached hydrogen (secondary N) is 1. The van der Waals surface area contributed by atoms with Crippen LogP contribution in [0.1, 0.15) is 26.7 Å². The topological polar surface area (TPSA) is 12.0 Å². The van der Waals surface area contributed by atoms with Gasteiger partial charge in [0.05, 0.1) is 0 Å². The highest BCUT2D eigenvalue weighted by Gasteiger charge is 2.16. The van der Waals surface area contributed by atoms with E-state index in [-0.39, 0.29) is 32.8 Å². The molecule has 1 N–H and O–H groups in total. The molecule has 0 atom stereocenters. The Morgan fingerprint density at radius 1 is 1.27 bits per heavy atom. The Balaban J connectivity index is 0.000001000. The molecule has 0 amide bonds. The lowest BCUT2D eigenvalue weighted by Gasteiger charge is -2.23. The number of piperidine rings is 1. The second kappa shape index (κ2) is 6.52. The van der Waals surface area contributed by atoms with Crippen LogP contribution in [0.25, 0.3) is 0 Å². The van der Waals surface area contributed by atoms with E-state index in [9.17, 15) is 0 Å². The molecule has 0 radical (unpaired) electrons. The summed E-state index contributed by atoms with van der Waals surface area (Å²) in [6, 6.07) is 0. The van der Waals surface area contributed by atoms with Gasteiger partial charge < -0.3 is 5.32 Å². The average molecular weight is 188 g/mol. The van der Waals surface area contributed by atoms with E-state index in [0.717, 1.165) is 8.09 Å². The Labute approximate surface area is 85.8 Å². The smallest absolute Gasteiger partial charge is 0.317 e. The van der Waals surface area contributed by atoms with Crippen LogP contribution in [-0.2, 0) is 0 Å². The van der Waals surface area contributed by atoms with Crippen molar-refractivity contribution in [1.82, 2.24) is 5.32 Å². The first kappa shape index (κ1) is 12.0. The highest BCUT2D eigenvalue weighted by atomic mass is 35.5. The van der Waals surface area contributed by atoms with Crippen LogP contribution in [0.2, 0.25) is 8.09 Å². The number of rotatable bonds is 2. The summed E-state index contributed by atoms with van der Waals surface area (Å²) < 4.78 is 2.18. The predicted octanol–water partition coefficient (Wildman–Crippen LogP) is 2.11. The second-order valence-electron chi connectivity index (χ2n) is 3.82. The van der Waals surface area contributed by atoms with Crippen LogP contribution < -0.4 is 5.32 Å². The Morgan fingerprint density at radius 3 is 2.27 bits per heavy atom. The van der Waals surface area contributed by atoms with E-state index in [1.54, 1.807) is 0 Å². The summed E-state index contributed by atoms with van der Waals surface area (Å²) in [5.74, 6) is 0. The lowest BCUT2D eigenvalue weighted by molar-refractivity contribution is 0.514. The van der Waals surface area contributed by atoms with Crippen molar-refractivity contribution < 1.29 is 0 Å². The summed E-state index contributed by atoms with van der Waals surface area (Å²) in [7, 11) is 0. The van der Waals surface area contributed by atoms with Gasteiger partial charge in [-0.1, -0.05) is 26.7 Å². The number of halogens is 1. The largest absolute Gasteiger partial charge is 0.372 e. The van der Waals surface area contributed by atoms with Crippen molar-refractivity contribution in [3.63, 3.8) is 0 Å². The van der Waals surface area contributed by atoms with Gasteiger partial charge in [0.2, 0.25) is 0 Å². The molecule has 0 aliphatic carbocycles. The molecular weight excluding hydrogens is 170 g/mol. The second-order valence-corrected chi connectivity index (χ2v) is 7.08. The Kier molecular flexibility index (Phi) is 7.13. The van der Waals surface area contributed by atoms with E-state index in [1.807, 2.05) is 0 Å². The molecule has 1 fully saturated rings. The first-order chi connectivity index (χ1) is 4.79. The van der Waals surface area contributed by atoms with Crippen LogP contribution in [-0.4, -0.2) is 33.5 Å². The van der Waals surface area contributed by atoms with Gasteiger partial charge in [-0.2, -0.15) is 0 Å².